The van der Waals surface area contributed by atoms with Crippen LogP contribution in [0.2, 0.25) is 0 Å². The number of hydrogen-bond acceptors (Lipinski definition) is 5. The number of fused-ring (bicyclic) bond motifs is 1. The summed E-state index contributed by atoms with van der Waals surface area (Å²) in [6, 6.07) is 6.99. The van der Waals surface area contributed by atoms with Gasteiger partial charge in [0.15, 0.2) is 6.10 Å². The smallest absolute Gasteiger partial charge is 0.312 e. The molecule has 0 unspecified atom stereocenters. The van der Waals surface area contributed by atoms with Crippen molar-refractivity contribution in [3.8, 4) is 0 Å². The fourth-order valence-electron chi connectivity index (χ4n) is 6.36. The molecular weight excluding hydrogens is 382 g/mol. The molecule has 1 aromatic carbocycles. The molecule has 4 fully saturated rings. The highest BCUT2D eigenvalue weighted by molar-refractivity contribution is 5.88. The van der Waals surface area contributed by atoms with Crippen molar-refractivity contribution in [2.24, 2.45) is 17.8 Å². The minimum atomic E-state index is -0.862. The second kappa shape index (κ2) is 7.22. The number of ether oxygens (including phenoxy) is 1. The van der Waals surface area contributed by atoms with E-state index in [4.69, 9.17) is 4.74 Å². The minimum Gasteiger partial charge on any atom is -0.452 e. The maximum Gasteiger partial charge on any atom is 0.312 e. The highest BCUT2D eigenvalue weighted by Gasteiger charge is 2.51. The zero-order valence-corrected chi connectivity index (χ0v) is 17.1. The van der Waals surface area contributed by atoms with Gasteiger partial charge in [-0.2, -0.15) is 5.10 Å². The topological polar surface area (TPSA) is 101 Å². The third-order valence-electron chi connectivity index (χ3n) is 7.19. The van der Waals surface area contributed by atoms with Gasteiger partial charge in [0, 0.05) is 10.9 Å². The Kier molecular flexibility index (Phi) is 4.64. The molecule has 1 atom stereocenters. The minimum absolute atomic E-state index is 0.105. The molecule has 7 nitrogen and oxygen atoms in total. The zero-order chi connectivity index (χ0) is 20.9. The summed E-state index contributed by atoms with van der Waals surface area (Å²) in [7, 11) is 0. The predicted molar refractivity (Wildman–Crippen MR) is 111 cm³/mol. The van der Waals surface area contributed by atoms with E-state index in [-0.39, 0.29) is 23.4 Å². The summed E-state index contributed by atoms with van der Waals surface area (Å²) in [6.45, 7) is 1.62. The van der Waals surface area contributed by atoms with Crippen LogP contribution in [0.15, 0.2) is 29.1 Å². The van der Waals surface area contributed by atoms with Gasteiger partial charge in [-0.1, -0.05) is 18.2 Å². The van der Waals surface area contributed by atoms with Crippen molar-refractivity contribution in [2.75, 3.05) is 0 Å². The molecule has 1 heterocycles. The molecule has 4 aliphatic carbocycles. The van der Waals surface area contributed by atoms with Gasteiger partial charge in [0.2, 0.25) is 0 Å². The van der Waals surface area contributed by atoms with Crippen LogP contribution in [0.5, 0.6) is 0 Å². The summed E-state index contributed by atoms with van der Waals surface area (Å²) in [4.78, 5) is 37.2. The van der Waals surface area contributed by atoms with Crippen molar-refractivity contribution in [2.45, 2.75) is 63.5 Å². The number of hydrogen-bond donors (Lipinski definition) is 2. The third kappa shape index (κ3) is 3.50. The Balaban J connectivity index is 1.23. The van der Waals surface area contributed by atoms with Gasteiger partial charge in [-0.15, -0.1) is 0 Å². The van der Waals surface area contributed by atoms with E-state index in [9.17, 15) is 14.4 Å². The quantitative estimate of drug-likeness (QED) is 0.739. The molecule has 7 heteroatoms. The molecular formula is C23H27N3O4. The lowest BCUT2D eigenvalue weighted by molar-refractivity contribution is -0.156. The van der Waals surface area contributed by atoms with Gasteiger partial charge in [0.1, 0.15) is 0 Å². The fourth-order valence-corrected chi connectivity index (χ4v) is 6.36. The normalized spacial score (nSPS) is 30.2. The molecule has 6 rings (SSSR count). The molecule has 0 radical (unpaired) electrons. The number of aromatic amines is 1. The Labute approximate surface area is 174 Å². The van der Waals surface area contributed by atoms with Gasteiger partial charge in [-0.3, -0.25) is 14.4 Å². The summed E-state index contributed by atoms with van der Waals surface area (Å²) in [5.41, 5.74) is 0.0262. The van der Waals surface area contributed by atoms with Crippen molar-refractivity contribution in [3.63, 3.8) is 0 Å². The van der Waals surface area contributed by atoms with Crippen LogP contribution < -0.4 is 10.9 Å². The van der Waals surface area contributed by atoms with Crippen LogP contribution in [0, 0.1) is 17.8 Å². The molecule has 0 saturated heterocycles. The van der Waals surface area contributed by atoms with Gasteiger partial charge in [0.05, 0.1) is 17.5 Å². The van der Waals surface area contributed by atoms with Crippen molar-refractivity contribution in [1.82, 2.24) is 15.5 Å². The van der Waals surface area contributed by atoms with Crippen LogP contribution >= 0.6 is 0 Å². The van der Waals surface area contributed by atoms with E-state index in [1.165, 1.54) is 19.3 Å². The molecule has 4 saturated carbocycles. The number of amides is 1. The van der Waals surface area contributed by atoms with Gasteiger partial charge < -0.3 is 10.1 Å². The number of carbonyl (C=O) groups is 2. The van der Waals surface area contributed by atoms with Gasteiger partial charge in [0.25, 0.3) is 11.5 Å². The van der Waals surface area contributed by atoms with E-state index in [0.29, 0.717) is 16.5 Å². The Bertz CT molecular complexity index is 1020. The highest BCUT2D eigenvalue weighted by Crippen LogP contribution is 2.55. The second-order valence-corrected chi connectivity index (χ2v) is 9.54. The molecule has 0 aliphatic heterocycles. The monoisotopic (exact) mass is 409 g/mol. The van der Waals surface area contributed by atoms with E-state index in [1.54, 1.807) is 31.2 Å². The van der Waals surface area contributed by atoms with Gasteiger partial charge in [-0.05, 0) is 69.3 Å². The first kappa shape index (κ1) is 19.3. The number of benzene rings is 1. The molecule has 158 valence electrons. The number of carbonyl (C=O) groups excluding carboxylic acids is 2. The Morgan fingerprint density at radius 1 is 1.13 bits per heavy atom. The first-order valence-electron chi connectivity index (χ1n) is 10.9. The number of nitrogens with zero attached hydrogens (tertiary/aromatic N) is 1. The number of aromatic nitrogens is 2. The van der Waals surface area contributed by atoms with E-state index in [1.807, 2.05) is 0 Å². The van der Waals surface area contributed by atoms with Gasteiger partial charge in [-0.25, -0.2) is 5.10 Å². The van der Waals surface area contributed by atoms with Crippen LogP contribution in [-0.4, -0.2) is 33.7 Å². The second-order valence-electron chi connectivity index (χ2n) is 9.54. The van der Waals surface area contributed by atoms with Crippen molar-refractivity contribution < 1.29 is 14.3 Å². The lowest BCUT2D eigenvalue weighted by atomic mass is 9.53. The maximum atomic E-state index is 12.8. The highest BCUT2D eigenvalue weighted by atomic mass is 16.5. The molecule has 1 amide bonds. The van der Waals surface area contributed by atoms with Crippen LogP contribution in [0.25, 0.3) is 10.8 Å². The molecule has 2 N–H and O–H groups in total. The third-order valence-corrected chi connectivity index (χ3v) is 7.19. The lowest BCUT2D eigenvalue weighted by Crippen LogP contribution is -2.61. The average Bonchev–Trinajstić information content (AvgIpc) is 2.69. The maximum absolute atomic E-state index is 12.8. The number of nitrogens with one attached hydrogen (secondary N) is 2. The molecule has 30 heavy (non-hydrogen) atoms. The molecule has 4 bridgehead atoms. The van der Waals surface area contributed by atoms with Crippen molar-refractivity contribution in [3.05, 3.63) is 40.3 Å². The van der Waals surface area contributed by atoms with Crippen LogP contribution in [0.3, 0.4) is 0 Å². The number of rotatable bonds is 5. The largest absolute Gasteiger partial charge is 0.452 e. The molecule has 0 spiro atoms. The number of H-pyrrole nitrogens is 1. The Hall–Kier alpha value is -2.70. The first-order chi connectivity index (χ1) is 14.4. The average molecular weight is 409 g/mol. The van der Waals surface area contributed by atoms with Crippen LogP contribution in [0.1, 0.15) is 51.1 Å². The predicted octanol–water partition coefficient (Wildman–Crippen LogP) is 2.48. The molecule has 1 aromatic heterocycles. The van der Waals surface area contributed by atoms with Crippen molar-refractivity contribution >= 4 is 22.6 Å². The number of esters is 1. The summed E-state index contributed by atoms with van der Waals surface area (Å²) < 4.78 is 5.43. The van der Waals surface area contributed by atoms with E-state index in [0.717, 1.165) is 37.0 Å². The Morgan fingerprint density at radius 3 is 2.37 bits per heavy atom. The molecule has 2 aromatic rings. The first-order valence-corrected chi connectivity index (χ1v) is 10.9. The SMILES string of the molecule is C[C@H](OC(=O)Cc1n[nH]c(=O)c2ccccc12)C(=O)NC12CC3CC(CC(C3)C1)C2. The zero-order valence-electron chi connectivity index (χ0n) is 17.1. The van der Waals surface area contributed by atoms with Crippen LogP contribution in [0.4, 0.5) is 0 Å². The summed E-state index contributed by atoms with van der Waals surface area (Å²) in [6.07, 6.45) is 6.11. The fraction of sp³-hybridized carbons (Fsp3) is 0.565. The summed E-state index contributed by atoms with van der Waals surface area (Å²) in [5, 5.41) is 10.8. The summed E-state index contributed by atoms with van der Waals surface area (Å²) in [5.74, 6) is 1.44. The van der Waals surface area contributed by atoms with E-state index >= 15 is 0 Å². The van der Waals surface area contributed by atoms with E-state index in [2.05, 4.69) is 15.5 Å². The lowest BCUT2D eigenvalue weighted by Gasteiger charge is -2.57. The summed E-state index contributed by atoms with van der Waals surface area (Å²) >= 11 is 0. The van der Waals surface area contributed by atoms with Crippen molar-refractivity contribution in [1.29, 1.82) is 0 Å². The van der Waals surface area contributed by atoms with E-state index < -0.39 is 12.1 Å². The Morgan fingerprint density at radius 2 is 1.73 bits per heavy atom. The molecule has 4 aliphatic rings. The standard InChI is InChI=1S/C23H27N3O4/c1-13(21(28)24-23-10-14-6-15(11-23)8-16(7-14)12-23)30-20(27)9-19-17-4-2-3-5-18(17)22(29)26-25-19/h2-5,13-16H,6-12H2,1H3,(H,24,28)(H,26,29)/t13-,14?,15?,16?,23?/m0/s1. The van der Waals surface area contributed by atoms with Crippen LogP contribution in [-0.2, 0) is 20.7 Å². The van der Waals surface area contributed by atoms with Gasteiger partial charge >= 0.3 is 5.97 Å².